The first-order valence-electron chi connectivity index (χ1n) is 2.77. The van der Waals surface area contributed by atoms with Crippen molar-refractivity contribution in [1.29, 1.82) is 0 Å². The van der Waals surface area contributed by atoms with Crippen LogP contribution in [0.4, 0.5) is 0 Å². The molecule has 0 atom stereocenters. The van der Waals surface area contributed by atoms with E-state index >= 15 is 0 Å². The fourth-order valence-corrected chi connectivity index (χ4v) is 0.804. The van der Waals surface area contributed by atoms with Gasteiger partial charge in [0, 0.05) is 5.25 Å². The molecule has 10 heavy (non-hydrogen) atoms. The van der Waals surface area contributed by atoms with Crippen molar-refractivity contribution in [1.82, 2.24) is 0 Å². The maximum atomic E-state index is 5.04. The fraction of sp³-hybridized carbons (Fsp3) is 0. The third-order valence-corrected chi connectivity index (χ3v) is 1.30. The van der Waals surface area contributed by atoms with E-state index in [4.69, 9.17) is 10.6 Å². The van der Waals surface area contributed by atoms with Gasteiger partial charge in [0.1, 0.15) is 17.8 Å². The average Bonchev–Trinajstić information content (AvgIpc) is 2.03. The predicted molar refractivity (Wildman–Crippen MR) is 43.5 cm³/mol. The number of benzene rings is 1. The summed E-state index contributed by atoms with van der Waals surface area (Å²) in [6.45, 7) is 0. The molecule has 0 heterocycles. The Balaban J connectivity index is 2.52. The van der Waals surface area contributed by atoms with Gasteiger partial charge < -0.3 is 4.18 Å². The second-order valence-corrected chi connectivity index (χ2v) is 2.17. The van der Waals surface area contributed by atoms with Gasteiger partial charge in [-0.1, -0.05) is 18.2 Å². The van der Waals surface area contributed by atoms with Crippen molar-refractivity contribution in [2.45, 2.75) is 0 Å². The summed E-state index contributed by atoms with van der Waals surface area (Å²) in [4.78, 5) is 0. The Morgan fingerprint density at radius 2 is 2.00 bits per heavy atom. The van der Waals surface area contributed by atoms with E-state index in [9.17, 15) is 0 Å². The van der Waals surface area contributed by atoms with Crippen LogP contribution in [-0.4, -0.2) is 0 Å². The van der Waals surface area contributed by atoms with Crippen molar-refractivity contribution in [2.24, 2.45) is 0 Å². The van der Waals surface area contributed by atoms with Gasteiger partial charge in [0.25, 0.3) is 0 Å². The van der Waals surface area contributed by atoms with Crippen molar-refractivity contribution in [3.05, 3.63) is 30.3 Å². The SMILES string of the molecule is C#CSOc1ccccc1. The summed E-state index contributed by atoms with van der Waals surface area (Å²) in [5.41, 5.74) is 0. The van der Waals surface area contributed by atoms with E-state index in [1.54, 1.807) is 0 Å². The number of para-hydroxylation sites is 1. The fourth-order valence-electron chi connectivity index (χ4n) is 0.548. The Bertz CT molecular complexity index is 225. The standard InChI is InChI=1S/C8H6OS/c1-2-10-9-8-6-4-3-5-7-8/h1,3-7H. The zero-order valence-corrected chi connectivity index (χ0v) is 6.10. The molecule has 0 N–H and O–H groups in total. The molecule has 0 saturated heterocycles. The molecule has 0 aliphatic rings. The minimum absolute atomic E-state index is 0.783. The molecule has 0 bridgehead atoms. The van der Waals surface area contributed by atoms with E-state index in [-0.39, 0.29) is 0 Å². The molecule has 0 aliphatic heterocycles. The maximum Gasteiger partial charge on any atom is 0.145 e. The highest BCUT2D eigenvalue weighted by atomic mass is 32.2. The molecular formula is C8H6OS. The zero-order chi connectivity index (χ0) is 7.23. The quantitative estimate of drug-likeness (QED) is 0.472. The third-order valence-electron chi connectivity index (χ3n) is 0.929. The summed E-state index contributed by atoms with van der Waals surface area (Å²) >= 11 is 0.989. The minimum atomic E-state index is 0.783. The van der Waals surface area contributed by atoms with E-state index in [2.05, 4.69) is 5.25 Å². The first-order valence-corrected chi connectivity index (χ1v) is 3.52. The van der Waals surface area contributed by atoms with Crippen molar-refractivity contribution in [3.8, 4) is 17.4 Å². The van der Waals surface area contributed by atoms with Gasteiger partial charge in [-0.15, -0.1) is 6.42 Å². The van der Waals surface area contributed by atoms with E-state index in [0.29, 0.717) is 0 Å². The highest BCUT2D eigenvalue weighted by Crippen LogP contribution is 2.13. The molecule has 1 nitrogen and oxygen atoms in total. The van der Waals surface area contributed by atoms with Crippen LogP contribution >= 0.6 is 12.0 Å². The molecule has 0 aromatic heterocycles. The molecular weight excluding hydrogens is 144 g/mol. The molecule has 0 amide bonds. The molecule has 50 valence electrons. The molecule has 0 fully saturated rings. The molecule has 0 unspecified atom stereocenters. The average molecular weight is 150 g/mol. The predicted octanol–water partition coefficient (Wildman–Crippen LogP) is 2.30. The maximum absolute atomic E-state index is 5.04. The molecule has 0 radical (unpaired) electrons. The zero-order valence-electron chi connectivity index (χ0n) is 5.28. The van der Waals surface area contributed by atoms with Crippen molar-refractivity contribution >= 4 is 12.0 Å². The summed E-state index contributed by atoms with van der Waals surface area (Å²) in [7, 11) is 0. The van der Waals surface area contributed by atoms with Gasteiger partial charge in [-0.3, -0.25) is 0 Å². The molecule has 1 aromatic carbocycles. The smallest absolute Gasteiger partial charge is 0.145 e. The Morgan fingerprint density at radius 1 is 1.30 bits per heavy atom. The number of hydrogen-bond acceptors (Lipinski definition) is 2. The Hall–Kier alpha value is -1.07. The van der Waals surface area contributed by atoms with Crippen LogP contribution in [0.3, 0.4) is 0 Å². The molecule has 0 spiro atoms. The van der Waals surface area contributed by atoms with Crippen LogP contribution in [0.2, 0.25) is 0 Å². The summed E-state index contributed by atoms with van der Waals surface area (Å²) in [5, 5.41) is 2.31. The van der Waals surface area contributed by atoms with Crippen LogP contribution in [0.15, 0.2) is 30.3 Å². The second kappa shape index (κ2) is 3.86. The number of terminal acetylenes is 1. The Morgan fingerprint density at radius 3 is 2.60 bits per heavy atom. The van der Waals surface area contributed by atoms with Crippen LogP contribution < -0.4 is 4.18 Å². The molecule has 0 saturated carbocycles. The lowest BCUT2D eigenvalue weighted by molar-refractivity contribution is 0.653. The Labute approximate surface area is 64.6 Å². The van der Waals surface area contributed by atoms with Crippen LogP contribution in [0.25, 0.3) is 0 Å². The lowest BCUT2D eigenvalue weighted by Crippen LogP contribution is -1.75. The van der Waals surface area contributed by atoms with Crippen LogP contribution in [0, 0.1) is 11.7 Å². The number of hydrogen-bond donors (Lipinski definition) is 0. The summed E-state index contributed by atoms with van der Waals surface area (Å²) in [5.74, 6) is 0.783. The molecule has 2 heteroatoms. The molecule has 1 rings (SSSR count). The lowest BCUT2D eigenvalue weighted by Gasteiger charge is -1.95. The summed E-state index contributed by atoms with van der Waals surface area (Å²) in [6.07, 6.45) is 4.96. The largest absolute Gasteiger partial charge is 0.412 e. The summed E-state index contributed by atoms with van der Waals surface area (Å²) in [6, 6.07) is 9.42. The van der Waals surface area contributed by atoms with E-state index in [1.165, 1.54) is 0 Å². The third kappa shape index (κ3) is 2.04. The second-order valence-electron chi connectivity index (χ2n) is 1.60. The topological polar surface area (TPSA) is 9.23 Å². The first-order chi connectivity index (χ1) is 4.93. The van der Waals surface area contributed by atoms with Gasteiger partial charge in [0.05, 0.1) is 0 Å². The van der Waals surface area contributed by atoms with E-state index in [0.717, 1.165) is 17.8 Å². The van der Waals surface area contributed by atoms with Crippen molar-refractivity contribution in [3.63, 3.8) is 0 Å². The van der Waals surface area contributed by atoms with Crippen LogP contribution in [-0.2, 0) is 0 Å². The first kappa shape index (κ1) is 7.04. The van der Waals surface area contributed by atoms with Gasteiger partial charge in [0.15, 0.2) is 0 Å². The monoisotopic (exact) mass is 150 g/mol. The Kier molecular flexibility index (Phi) is 2.72. The van der Waals surface area contributed by atoms with Gasteiger partial charge >= 0.3 is 0 Å². The van der Waals surface area contributed by atoms with Crippen LogP contribution in [0.1, 0.15) is 0 Å². The normalized spacial score (nSPS) is 8.30. The van der Waals surface area contributed by atoms with Crippen LogP contribution in [0.5, 0.6) is 5.75 Å². The lowest BCUT2D eigenvalue weighted by atomic mass is 10.3. The summed E-state index contributed by atoms with van der Waals surface area (Å²) < 4.78 is 5.04. The highest BCUT2D eigenvalue weighted by Gasteiger charge is 1.87. The van der Waals surface area contributed by atoms with Gasteiger partial charge in [0.2, 0.25) is 0 Å². The van der Waals surface area contributed by atoms with Gasteiger partial charge in [-0.25, -0.2) is 0 Å². The molecule has 0 aliphatic carbocycles. The highest BCUT2D eigenvalue weighted by molar-refractivity contribution is 7.99. The van der Waals surface area contributed by atoms with Gasteiger partial charge in [-0.05, 0) is 12.1 Å². The molecule has 1 aromatic rings. The number of rotatable bonds is 2. The van der Waals surface area contributed by atoms with E-state index < -0.39 is 0 Å². The van der Waals surface area contributed by atoms with Crippen molar-refractivity contribution in [2.75, 3.05) is 0 Å². The van der Waals surface area contributed by atoms with E-state index in [1.807, 2.05) is 30.3 Å². The van der Waals surface area contributed by atoms with Gasteiger partial charge in [-0.2, -0.15) is 0 Å². The van der Waals surface area contributed by atoms with Crippen molar-refractivity contribution < 1.29 is 4.18 Å². The minimum Gasteiger partial charge on any atom is -0.412 e.